The molecular formula is C18H20N2O4S. The summed E-state index contributed by atoms with van der Waals surface area (Å²) in [6.07, 6.45) is 1.68. The largest absolute Gasteiger partial charge is 0.497 e. The molecule has 7 heteroatoms. The van der Waals surface area contributed by atoms with Gasteiger partial charge in [-0.1, -0.05) is 12.1 Å². The summed E-state index contributed by atoms with van der Waals surface area (Å²) in [5, 5.41) is 4.38. The Morgan fingerprint density at radius 2 is 1.48 bits per heavy atom. The summed E-state index contributed by atoms with van der Waals surface area (Å²) in [4.78, 5) is 0. The van der Waals surface area contributed by atoms with E-state index in [9.17, 15) is 8.42 Å². The van der Waals surface area contributed by atoms with Crippen LogP contribution in [0.2, 0.25) is 0 Å². The zero-order chi connectivity index (χ0) is 18.0. The molecule has 0 unspecified atom stereocenters. The van der Waals surface area contributed by atoms with Crippen molar-refractivity contribution in [2.45, 2.75) is 12.5 Å². The van der Waals surface area contributed by atoms with E-state index in [4.69, 9.17) is 9.47 Å². The van der Waals surface area contributed by atoms with Gasteiger partial charge in [0, 0.05) is 6.42 Å². The maximum absolute atomic E-state index is 12.2. The molecule has 0 spiro atoms. The van der Waals surface area contributed by atoms with Crippen LogP contribution in [0.3, 0.4) is 0 Å². The van der Waals surface area contributed by atoms with Crippen molar-refractivity contribution in [3.05, 3.63) is 59.7 Å². The molecule has 0 bridgehead atoms. The summed E-state index contributed by atoms with van der Waals surface area (Å²) in [6, 6.07) is 14.5. The highest BCUT2D eigenvalue weighted by Gasteiger charge is 2.34. The molecule has 25 heavy (non-hydrogen) atoms. The fourth-order valence-electron chi connectivity index (χ4n) is 2.83. The second-order valence-corrected chi connectivity index (χ2v) is 7.64. The minimum atomic E-state index is -3.48. The van der Waals surface area contributed by atoms with Gasteiger partial charge in [0.15, 0.2) is 0 Å². The average molecular weight is 360 g/mol. The topological polar surface area (TPSA) is 68.2 Å². The van der Waals surface area contributed by atoms with Crippen molar-refractivity contribution in [2.75, 3.05) is 20.5 Å². The van der Waals surface area contributed by atoms with Gasteiger partial charge >= 0.3 is 0 Å². The van der Waals surface area contributed by atoms with Crippen LogP contribution in [0.4, 0.5) is 0 Å². The fourth-order valence-corrected chi connectivity index (χ4v) is 3.73. The van der Waals surface area contributed by atoms with Gasteiger partial charge in [0.05, 0.1) is 32.2 Å². The maximum Gasteiger partial charge on any atom is 0.247 e. The molecule has 2 aromatic carbocycles. The second-order valence-electron chi connectivity index (χ2n) is 5.80. The van der Waals surface area contributed by atoms with Crippen molar-refractivity contribution in [3.63, 3.8) is 0 Å². The van der Waals surface area contributed by atoms with Crippen LogP contribution in [0.1, 0.15) is 23.6 Å². The van der Waals surface area contributed by atoms with Crippen LogP contribution in [0, 0.1) is 0 Å². The van der Waals surface area contributed by atoms with Crippen LogP contribution in [0.15, 0.2) is 53.6 Å². The Labute approximate surface area is 147 Å². The number of ether oxygens (including phenoxy) is 2. The van der Waals surface area contributed by atoms with E-state index in [1.807, 2.05) is 48.5 Å². The number of hydrogen-bond donors (Lipinski definition) is 0. The molecule has 1 atom stereocenters. The molecule has 2 aromatic rings. The van der Waals surface area contributed by atoms with Crippen molar-refractivity contribution >= 4 is 15.7 Å². The number of benzene rings is 2. The Bertz CT molecular complexity index is 874. The lowest BCUT2D eigenvalue weighted by Crippen LogP contribution is -2.25. The highest BCUT2D eigenvalue weighted by atomic mass is 32.2. The first-order valence-electron chi connectivity index (χ1n) is 7.77. The third-order valence-corrected chi connectivity index (χ3v) is 5.15. The Balaban J connectivity index is 1.94. The zero-order valence-electron chi connectivity index (χ0n) is 14.3. The number of nitrogens with zero attached hydrogens (tertiary/aromatic N) is 2. The zero-order valence-corrected chi connectivity index (χ0v) is 15.2. The summed E-state index contributed by atoms with van der Waals surface area (Å²) in [5.74, 6) is 1.47. The summed E-state index contributed by atoms with van der Waals surface area (Å²) in [5.41, 5.74) is 2.48. The summed E-state index contributed by atoms with van der Waals surface area (Å²) >= 11 is 0. The molecule has 132 valence electrons. The van der Waals surface area contributed by atoms with E-state index in [0.717, 1.165) is 28.3 Å². The second kappa shape index (κ2) is 6.76. The van der Waals surface area contributed by atoms with Crippen molar-refractivity contribution in [1.82, 2.24) is 4.41 Å². The van der Waals surface area contributed by atoms with Crippen molar-refractivity contribution in [3.8, 4) is 11.5 Å². The molecule has 0 radical (unpaired) electrons. The van der Waals surface area contributed by atoms with Crippen LogP contribution < -0.4 is 9.47 Å². The van der Waals surface area contributed by atoms with Gasteiger partial charge in [-0.25, -0.2) is 8.42 Å². The first-order valence-corrected chi connectivity index (χ1v) is 9.62. The molecule has 0 saturated carbocycles. The van der Waals surface area contributed by atoms with Gasteiger partial charge in [-0.05, 0) is 47.5 Å². The summed E-state index contributed by atoms with van der Waals surface area (Å²) in [7, 11) is -0.280. The van der Waals surface area contributed by atoms with Gasteiger partial charge < -0.3 is 9.47 Å². The first-order chi connectivity index (χ1) is 11.9. The van der Waals surface area contributed by atoms with Gasteiger partial charge in [0.1, 0.15) is 11.5 Å². The van der Waals surface area contributed by atoms with Crippen molar-refractivity contribution < 1.29 is 17.9 Å². The minimum Gasteiger partial charge on any atom is -0.497 e. The van der Waals surface area contributed by atoms with Crippen LogP contribution in [-0.2, 0) is 10.0 Å². The number of methoxy groups -OCH3 is 2. The quantitative estimate of drug-likeness (QED) is 0.822. The molecule has 6 nitrogen and oxygen atoms in total. The Kier molecular flexibility index (Phi) is 4.67. The van der Waals surface area contributed by atoms with E-state index in [-0.39, 0.29) is 6.04 Å². The highest BCUT2D eigenvalue weighted by Crippen LogP contribution is 2.35. The van der Waals surface area contributed by atoms with Crippen molar-refractivity contribution in [1.29, 1.82) is 0 Å². The molecule has 0 fully saturated rings. The Morgan fingerprint density at radius 3 is 1.96 bits per heavy atom. The standard InChI is InChI=1S/C18H20N2O4S/c1-23-15-8-4-13(5-9-15)17-12-18(20(19-17)25(3,21)22)14-6-10-16(24-2)11-7-14/h4-11,18H,12H2,1-3H3/t18-/m1/s1. The Hall–Kier alpha value is -2.54. The third-order valence-electron chi connectivity index (χ3n) is 4.14. The number of hydrogen-bond acceptors (Lipinski definition) is 5. The van der Waals surface area contributed by atoms with E-state index in [1.54, 1.807) is 14.2 Å². The number of sulfonamides is 1. The van der Waals surface area contributed by atoms with E-state index in [1.165, 1.54) is 10.7 Å². The van der Waals surface area contributed by atoms with E-state index < -0.39 is 10.0 Å². The molecule has 0 aliphatic carbocycles. The molecule has 0 aromatic heterocycles. The number of hydrazone groups is 1. The van der Waals surface area contributed by atoms with E-state index in [2.05, 4.69) is 5.10 Å². The van der Waals surface area contributed by atoms with Gasteiger partial charge in [-0.15, -0.1) is 0 Å². The maximum atomic E-state index is 12.2. The average Bonchev–Trinajstić information content (AvgIpc) is 3.08. The molecule has 1 heterocycles. The van der Waals surface area contributed by atoms with E-state index >= 15 is 0 Å². The lowest BCUT2D eigenvalue weighted by atomic mass is 9.99. The van der Waals surface area contributed by atoms with Gasteiger partial charge in [-0.3, -0.25) is 0 Å². The normalized spacial score (nSPS) is 17.3. The SMILES string of the molecule is COc1ccc(C2=NN(S(C)(=O)=O)[C@@H](c3ccc(OC)cc3)C2)cc1. The first kappa shape index (κ1) is 17.3. The summed E-state index contributed by atoms with van der Waals surface area (Å²) < 4.78 is 35.9. The van der Waals surface area contributed by atoms with Crippen LogP contribution >= 0.6 is 0 Å². The molecule has 0 saturated heterocycles. The fraction of sp³-hybridized carbons (Fsp3) is 0.278. The molecule has 3 rings (SSSR count). The lowest BCUT2D eigenvalue weighted by Gasteiger charge is -2.21. The minimum absolute atomic E-state index is 0.363. The van der Waals surface area contributed by atoms with Gasteiger partial charge in [0.25, 0.3) is 0 Å². The van der Waals surface area contributed by atoms with E-state index in [0.29, 0.717) is 6.42 Å². The molecule has 0 N–H and O–H groups in total. The van der Waals surface area contributed by atoms with Crippen LogP contribution in [0.25, 0.3) is 0 Å². The highest BCUT2D eigenvalue weighted by molar-refractivity contribution is 7.88. The monoisotopic (exact) mass is 360 g/mol. The van der Waals surface area contributed by atoms with Gasteiger partial charge in [-0.2, -0.15) is 9.52 Å². The molecule has 1 aliphatic rings. The molecule has 1 aliphatic heterocycles. The summed E-state index contributed by atoms with van der Waals surface area (Å²) in [6.45, 7) is 0. The smallest absolute Gasteiger partial charge is 0.247 e. The van der Waals surface area contributed by atoms with Gasteiger partial charge in [0.2, 0.25) is 10.0 Å². The lowest BCUT2D eigenvalue weighted by molar-refractivity contribution is 0.374. The van der Waals surface area contributed by atoms with Crippen LogP contribution in [-0.4, -0.2) is 39.0 Å². The Morgan fingerprint density at radius 1 is 0.960 bits per heavy atom. The molecular weight excluding hydrogens is 340 g/mol. The third kappa shape index (κ3) is 3.61. The molecule has 0 amide bonds. The number of rotatable bonds is 5. The predicted octanol–water partition coefficient (Wildman–Crippen LogP) is 2.81. The predicted molar refractivity (Wildman–Crippen MR) is 96.6 cm³/mol. The van der Waals surface area contributed by atoms with Crippen molar-refractivity contribution in [2.24, 2.45) is 5.10 Å². The van der Waals surface area contributed by atoms with Crippen LogP contribution in [0.5, 0.6) is 11.5 Å².